The Morgan fingerprint density at radius 2 is 1.66 bits per heavy atom. The average Bonchev–Trinajstić information content (AvgIpc) is 3.08. The van der Waals surface area contributed by atoms with Crippen molar-refractivity contribution in [2.75, 3.05) is 20.6 Å². The van der Waals surface area contributed by atoms with Crippen LogP contribution in [-0.4, -0.2) is 52.9 Å². The number of nitrogens with one attached hydrogen (secondary N) is 2. The summed E-state index contributed by atoms with van der Waals surface area (Å²) in [5.41, 5.74) is 4.02. The second-order valence-corrected chi connectivity index (χ2v) is 10.3. The predicted octanol–water partition coefficient (Wildman–Crippen LogP) is 3.94. The number of hydrogen-bond donors (Lipinski definition) is 2. The number of carbonyl (C=O) groups is 2. The lowest BCUT2D eigenvalue weighted by molar-refractivity contribution is -0.124. The van der Waals surface area contributed by atoms with Crippen molar-refractivity contribution in [3.63, 3.8) is 0 Å². The fraction of sp³-hybridized carbons (Fsp3) is 0.393. The highest BCUT2D eigenvalue weighted by molar-refractivity contribution is 5.98. The van der Waals surface area contributed by atoms with Crippen LogP contribution in [0.25, 0.3) is 22.5 Å². The number of amides is 2. The van der Waals surface area contributed by atoms with Crippen molar-refractivity contribution in [2.24, 2.45) is 5.41 Å². The van der Waals surface area contributed by atoms with E-state index in [1.54, 1.807) is 7.05 Å². The standard InChI is InChI=1S/C28H35N5O2/c1-28(2,3)24(27(35)29-4)31-26(34)23-22-18-32(5)15-10-16-33(22)25(30-23)21-14-9-13-20(17-21)19-11-7-6-8-12-19/h6-9,11-14,17,24H,10,15-16,18H2,1-5H3,(H,29,35)(H,31,34). The second kappa shape index (κ2) is 10.0. The van der Waals surface area contributed by atoms with Gasteiger partial charge in [0.1, 0.15) is 11.9 Å². The van der Waals surface area contributed by atoms with Crippen molar-refractivity contribution >= 4 is 11.8 Å². The van der Waals surface area contributed by atoms with Crippen LogP contribution < -0.4 is 10.6 Å². The maximum atomic E-state index is 13.6. The normalized spacial score (nSPS) is 15.1. The molecule has 3 aromatic rings. The van der Waals surface area contributed by atoms with E-state index in [0.29, 0.717) is 12.2 Å². The molecule has 2 amide bonds. The van der Waals surface area contributed by atoms with Gasteiger partial charge in [-0.25, -0.2) is 4.98 Å². The highest BCUT2D eigenvalue weighted by Crippen LogP contribution is 2.30. The molecule has 184 valence electrons. The molecule has 1 aromatic heterocycles. The Bertz CT molecular complexity index is 1210. The van der Waals surface area contributed by atoms with E-state index in [1.165, 1.54) is 0 Å². The van der Waals surface area contributed by atoms with Crippen LogP contribution in [-0.2, 0) is 17.9 Å². The number of nitrogens with zero attached hydrogens (tertiary/aromatic N) is 3. The van der Waals surface area contributed by atoms with Gasteiger partial charge in [-0.15, -0.1) is 0 Å². The first-order valence-corrected chi connectivity index (χ1v) is 12.2. The molecular formula is C28H35N5O2. The Hall–Kier alpha value is -3.45. The number of rotatable bonds is 5. The molecule has 2 heterocycles. The third kappa shape index (κ3) is 5.30. The Labute approximate surface area is 207 Å². The summed E-state index contributed by atoms with van der Waals surface area (Å²) < 4.78 is 2.18. The van der Waals surface area contributed by atoms with Crippen molar-refractivity contribution in [3.8, 4) is 22.5 Å². The molecule has 0 saturated carbocycles. The number of hydrogen-bond acceptors (Lipinski definition) is 4. The van der Waals surface area contributed by atoms with Crippen molar-refractivity contribution in [3.05, 3.63) is 66.0 Å². The molecule has 7 heteroatoms. The Kier molecular flexibility index (Phi) is 7.08. The molecule has 1 aliphatic rings. The van der Waals surface area contributed by atoms with Gasteiger partial charge in [0.25, 0.3) is 5.91 Å². The number of imidazole rings is 1. The fourth-order valence-corrected chi connectivity index (χ4v) is 4.61. The summed E-state index contributed by atoms with van der Waals surface area (Å²) >= 11 is 0. The molecule has 4 rings (SSSR count). The second-order valence-electron chi connectivity index (χ2n) is 10.3. The summed E-state index contributed by atoms with van der Waals surface area (Å²) in [6.45, 7) is 8.16. The predicted molar refractivity (Wildman–Crippen MR) is 139 cm³/mol. The van der Waals surface area contributed by atoms with E-state index in [1.807, 2.05) is 51.1 Å². The first-order valence-electron chi connectivity index (χ1n) is 12.2. The number of benzene rings is 2. The average molecular weight is 474 g/mol. The largest absolute Gasteiger partial charge is 0.357 e. The Morgan fingerprint density at radius 3 is 2.34 bits per heavy atom. The molecule has 0 fully saturated rings. The molecule has 0 saturated heterocycles. The summed E-state index contributed by atoms with van der Waals surface area (Å²) in [5, 5.41) is 5.64. The Morgan fingerprint density at radius 1 is 0.971 bits per heavy atom. The van der Waals surface area contributed by atoms with Gasteiger partial charge in [0.05, 0.1) is 5.69 Å². The van der Waals surface area contributed by atoms with Crippen molar-refractivity contribution < 1.29 is 9.59 Å². The van der Waals surface area contributed by atoms with Crippen molar-refractivity contribution in [2.45, 2.75) is 46.3 Å². The van der Waals surface area contributed by atoms with Crippen molar-refractivity contribution in [1.82, 2.24) is 25.1 Å². The maximum absolute atomic E-state index is 13.6. The molecule has 2 N–H and O–H groups in total. The van der Waals surface area contributed by atoms with Gasteiger partial charge in [0.15, 0.2) is 5.69 Å². The third-order valence-corrected chi connectivity index (χ3v) is 6.51. The lowest BCUT2D eigenvalue weighted by atomic mass is 9.86. The molecule has 0 bridgehead atoms. The highest BCUT2D eigenvalue weighted by Gasteiger charge is 2.34. The van der Waals surface area contributed by atoms with Crippen LogP contribution in [0.1, 0.15) is 43.4 Å². The lowest BCUT2D eigenvalue weighted by Crippen LogP contribution is -2.53. The molecule has 0 aliphatic carbocycles. The van der Waals surface area contributed by atoms with Crippen LogP contribution in [0, 0.1) is 5.41 Å². The van der Waals surface area contributed by atoms with Crippen molar-refractivity contribution in [1.29, 1.82) is 0 Å². The maximum Gasteiger partial charge on any atom is 0.272 e. The summed E-state index contributed by atoms with van der Waals surface area (Å²) in [4.78, 5) is 33.2. The minimum atomic E-state index is -0.675. The van der Waals surface area contributed by atoms with Crippen LogP contribution in [0.4, 0.5) is 0 Å². The van der Waals surface area contributed by atoms with Gasteiger partial charge in [-0.3, -0.25) is 9.59 Å². The quantitative estimate of drug-likeness (QED) is 0.588. The first kappa shape index (κ1) is 24.7. The smallest absolute Gasteiger partial charge is 0.272 e. The number of fused-ring (bicyclic) bond motifs is 1. The molecule has 1 atom stereocenters. The van der Waals surface area contributed by atoms with Crippen LogP contribution >= 0.6 is 0 Å². The van der Waals surface area contributed by atoms with Crippen LogP contribution in [0.2, 0.25) is 0 Å². The molecule has 2 aromatic carbocycles. The Balaban J connectivity index is 1.77. The SMILES string of the molecule is CNC(=O)C(NC(=O)c1nc(-c2cccc(-c3ccccc3)c2)n2c1CN(C)CCC2)C(C)(C)C. The van der Waals surface area contributed by atoms with Crippen LogP contribution in [0.5, 0.6) is 0 Å². The van der Waals surface area contributed by atoms with Gasteiger partial charge in [-0.1, -0.05) is 69.3 Å². The topological polar surface area (TPSA) is 79.3 Å². The van der Waals surface area contributed by atoms with E-state index in [2.05, 4.69) is 51.4 Å². The van der Waals surface area contributed by atoms with Gasteiger partial charge in [0, 0.05) is 25.7 Å². The van der Waals surface area contributed by atoms with Crippen LogP contribution in [0.15, 0.2) is 54.6 Å². The fourth-order valence-electron chi connectivity index (χ4n) is 4.61. The van der Waals surface area contributed by atoms with Gasteiger partial charge >= 0.3 is 0 Å². The molecule has 1 unspecified atom stereocenters. The number of carbonyl (C=O) groups excluding carboxylic acids is 2. The summed E-state index contributed by atoms with van der Waals surface area (Å²) in [6.07, 6.45) is 0.967. The van der Waals surface area contributed by atoms with Gasteiger partial charge in [-0.05, 0) is 42.6 Å². The highest BCUT2D eigenvalue weighted by atomic mass is 16.2. The summed E-state index contributed by atoms with van der Waals surface area (Å²) in [5.74, 6) is 0.243. The van der Waals surface area contributed by atoms with Gasteiger partial charge < -0.3 is 20.1 Å². The zero-order valence-corrected chi connectivity index (χ0v) is 21.3. The molecule has 7 nitrogen and oxygen atoms in total. The minimum Gasteiger partial charge on any atom is -0.357 e. The molecule has 0 spiro atoms. The molecule has 35 heavy (non-hydrogen) atoms. The molecular weight excluding hydrogens is 438 g/mol. The molecule has 1 aliphatic heterocycles. The van der Waals surface area contributed by atoms with E-state index in [9.17, 15) is 9.59 Å². The minimum absolute atomic E-state index is 0.218. The van der Waals surface area contributed by atoms with E-state index >= 15 is 0 Å². The number of aromatic nitrogens is 2. The molecule has 0 radical (unpaired) electrons. The first-order chi connectivity index (χ1) is 16.7. The van der Waals surface area contributed by atoms with E-state index < -0.39 is 11.5 Å². The summed E-state index contributed by atoms with van der Waals surface area (Å²) in [7, 11) is 3.64. The van der Waals surface area contributed by atoms with Crippen LogP contribution in [0.3, 0.4) is 0 Å². The summed E-state index contributed by atoms with van der Waals surface area (Å²) in [6, 6.07) is 17.9. The van der Waals surface area contributed by atoms with Gasteiger partial charge in [-0.2, -0.15) is 0 Å². The number of likely N-dealkylation sites (N-methyl/N-ethyl adjacent to an activating group) is 1. The monoisotopic (exact) mass is 473 g/mol. The van der Waals surface area contributed by atoms with E-state index in [0.717, 1.165) is 47.7 Å². The zero-order chi connectivity index (χ0) is 25.2. The zero-order valence-electron chi connectivity index (χ0n) is 21.3. The van der Waals surface area contributed by atoms with E-state index in [-0.39, 0.29) is 11.8 Å². The third-order valence-electron chi connectivity index (χ3n) is 6.51. The lowest BCUT2D eigenvalue weighted by Gasteiger charge is -2.29. The van der Waals surface area contributed by atoms with Gasteiger partial charge in [0.2, 0.25) is 5.91 Å². The van der Waals surface area contributed by atoms with E-state index in [4.69, 9.17) is 4.98 Å².